The molecule has 2 N–H and O–H groups in total. The molecule has 0 saturated carbocycles. The zero-order valence-electron chi connectivity index (χ0n) is 21.2. The van der Waals surface area contributed by atoms with Crippen molar-refractivity contribution in [2.45, 2.75) is 51.4 Å². The van der Waals surface area contributed by atoms with Gasteiger partial charge in [-0.3, -0.25) is 9.78 Å². The molecular weight excluding hydrogens is 482 g/mol. The average molecular weight is 514 g/mol. The lowest BCUT2D eigenvalue weighted by Gasteiger charge is -2.42. The molecule has 190 valence electrons. The molecule has 1 aliphatic rings. The van der Waals surface area contributed by atoms with Crippen LogP contribution in [0.4, 0.5) is 0 Å². The predicted molar refractivity (Wildman–Crippen MR) is 149 cm³/mol. The van der Waals surface area contributed by atoms with Gasteiger partial charge >= 0.3 is 0 Å². The number of rotatable bonds is 6. The number of halogens is 1. The molecule has 1 amide bonds. The molecule has 0 radical (unpaired) electrons. The summed E-state index contributed by atoms with van der Waals surface area (Å²) in [7, 11) is 0. The highest BCUT2D eigenvalue weighted by atomic mass is 35.5. The molecule has 5 nitrogen and oxygen atoms in total. The normalized spacial score (nSPS) is 18.6. The second-order valence-corrected chi connectivity index (χ2v) is 10.5. The van der Waals surface area contributed by atoms with Crippen molar-refractivity contribution in [1.29, 1.82) is 0 Å². The second-order valence-electron chi connectivity index (χ2n) is 10.0. The van der Waals surface area contributed by atoms with Gasteiger partial charge in [-0.25, -0.2) is 0 Å². The number of likely N-dealkylation sites (tertiary alicyclic amines) is 1. The van der Waals surface area contributed by atoms with Gasteiger partial charge < -0.3 is 15.3 Å². The Bertz CT molecular complexity index is 1380. The minimum atomic E-state index is -0.821. The third-order valence-corrected chi connectivity index (χ3v) is 7.52. The maximum absolute atomic E-state index is 13.7. The lowest BCUT2D eigenvalue weighted by Crippen LogP contribution is -2.53. The summed E-state index contributed by atoms with van der Waals surface area (Å²) in [4.78, 5) is 20.0. The van der Waals surface area contributed by atoms with Gasteiger partial charge in [0.25, 0.3) is 5.91 Å². The van der Waals surface area contributed by atoms with E-state index in [1.165, 1.54) is 5.56 Å². The van der Waals surface area contributed by atoms with Gasteiger partial charge in [0.2, 0.25) is 0 Å². The minimum absolute atomic E-state index is 0.0385. The number of pyridine rings is 1. The van der Waals surface area contributed by atoms with Gasteiger partial charge in [-0.05, 0) is 74.2 Å². The molecule has 0 bridgehead atoms. The van der Waals surface area contributed by atoms with E-state index in [9.17, 15) is 9.90 Å². The van der Waals surface area contributed by atoms with E-state index in [1.807, 2.05) is 73.5 Å². The molecule has 37 heavy (non-hydrogen) atoms. The molecule has 1 saturated heterocycles. The van der Waals surface area contributed by atoms with E-state index < -0.39 is 6.10 Å². The fourth-order valence-electron chi connectivity index (χ4n) is 5.44. The molecule has 3 atom stereocenters. The summed E-state index contributed by atoms with van der Waals surface area (Å²) >= 11 is 6.09. The SMILES string of the molecule is Cc1cc(C)cc(C(=O)N2CC[C@H](NCc3ccnc4ccccc34)C[C@@H]2[C@@H](O)c2ccc(Cl)cc2)c1. The highest BCUT2D eigenvalue weighted by Crippen LogP contribution is 2.31. The molecule has 1 fully saturated rings. The smallest absolute Gasteiger partial charge is 0.254 e. The summed E-state index contributed by atoms with van der Waals surface area (Å²) in [5, 5.41) is 16.9. The van der Waals surface area contributed by atoms with Gasteiger partial charge in [0, 0.05) is 41.3 Å². The number of aromatic nitrogens is 1. The number of nitrogens with zero attached hydrogens (tertiary/aromatic N) is 2. The van der Waals surface area contributed by atoms with Gasteiger partial charge in [0.15, 0.2) is 0 Å². The summed E-state index contributed by atoms with van der Waals surface area (Å²) < 4.78 is 0. The van der Waals surface area contributed by atoms with E-state index in [0.717, 1.165) is 34.0 Å². The maximum atomic E-state index is 13.7. The van der Waals surface area contributed by atoms with Gasteiger partial charge in [-0.1, -0.05) is 59.1 Å². The Labute approximate surface area is 223 Å². The third-order valence-electron chi connectivity index (χ3n) is 7.27. The van der Waals surface area contributed by atoms with E-state index >= 15 is 0 Å². The van der Waals surface area contributed by atoms with Crippen LogP contribution < -0.4 is 5.32 Å². The fraction of sp³-hybridized carbons (Fsp3) is 0.290. The van der Waals surface area contributed by atoms with Crippen molar-refractivity contribution in [2.75, 3.05) is 6.54 Å². The van der Waals surface area contributed by atoms with Crippen molar-refractivity contribution < 1.29 is 9.90 Å². The highest BCUT2D eigenvalue weighted by Gasteiger charge is 2.37. The van der Waals surface area contributed by atoms with Crippen LogP contribution in [0.5, 0.6) is 0 Å². The monoisotopic (exact) mass is 513 g/mol. The number of amides is 1. The van der Waals surface area contributed by atoms with Gasteiger partial charge in [0.05, 0.1) is 17.7 Å². The van der Waals surface area contributed by atoms with Crippen LogP contribution in [-0.4, -0.2) is 39.5 Å². The van der Waals surface area contributed by atoms with Crippen molar-refractivity contribution >= 4 is 28.4 Å². The zero-order chi connectivity index (χ0) is 25.9. The Balaban J connectivity index is 1.38. The van der Waals surface area contributed by atoms with Gasteiger partial charge in [-0.15, -0.1) is 0 Å². The fourth-order valence-corrected chi connectivity index (χ4v) is 5.57. The van der Waals surface area contributed by atoms with E-state index in [2.05, 4.69) is 22.4 Å². The van der Waals surface area contributed by atoms with Crippen molar-refractivity contribution in [1.82, 2.24) is 15.2 Å². The molecule has 1 aromatic heterocycles. The third kappa shape index (κ3) is 5.69. The summed E-state index contributed by atoms with van der Waals surface area (Å²) in [6.45, 7) is 5.27. The average Bonchev–Trinajstić information content (AvgIpc) is 2.91. The number of carbonyl (C=O) groups is 1. The van der Waals surface area contributed by atoms with Crippen LogP contribution in [0.2, 0.25) is 5.02 Å². The second kappa shape index (κ2) is 11.0. The molecule has 5 rings (SSSR count). The summed E-state index contributed by atoms with van der Waals surface area (Å²) in [5.74, 6) is -0.0385. The first-order valence-electron chi connectivity index (χ1n) is 12.8. The maximum Gasteiger partial charge on any atom is 0.254 e. The number of benzene rings is 3. The summed E-state index contributed by atoms with van der Waals surface area (Å²) in [6, 6.07) is 23.2. The largest absolute Gasteiger partial charge is 0.386 e. The lowest BCUT2D eigenvalue weighted by molar-refractivity contribution is 0.0144. The lowest BCUT2D eigenvalue weighted by atomic mass is 9.89. The molecule has 6 heteroatoms. The molecule has 1 aliphatic heterocycles. The topological polar surface area (TPSA) is 65.5 Å². The quantitative estimate of drug-likeness (QED) is 0.332. The number of aliphatic hydroxyl groups is 1. The highest BCUT2D eigenvalue weighted by molar-refractivity contribution is 6.30. The Morgan fingerprint density at radius 3 is 2.57 bits per heavy atom. The summed E-state index contributed by atoms with van der Waals surface area (Å²) in [5.41, 5.74) is 5.70. The number of carbonyl (C=O) groups excluding carboxylic acids is 1. The van der Waals surface area contributed by atoms with Crippen LogP contribution in [0, 0.1) is 13.8 Å². The number of aryl methyl sites for hydroxylation is 2. The first-order valence-corrected chi connectivity index (χ1v) is 13.2. The number of fused-ring (bicyclic) bond motifs is 1. The van der Waals surface area contributed by atoms with Crippen LogP contribution in [0.1, 0.15) is 51.6 Å². The zero-order valence-corrected chi connectivity index (χ0v) is 21.9. The first kappa shape index (κ1) is 25.4. The Morgan fingerprint density at radius 1 is 1.08 bits per heavy atom. The molecule has 0 unspecified atom stereocenters. The molecule has 0 aliphatic carbocycles. The van der Waals surface area contributed by atoms with Crippen molar-refractivity contribution in [3.05, 3.63) is 112 Å². The van der Waals surface area contributed by atoms with E-state index in [-0.39, 0.29) is 18.0 Å². The molecule has 4 aromatic rings. The number of aliphatic hydroxyl groups excluding tert-OH is 1. The molecular formula is C31H32ClN3O2. The van der Waals surface area contributed by atoms with Crippen molar-refractivity contribution in [3.63, 3.8) is 0 Å². The van der Waals surface area contributed by atoms with Crippen molar-refractivity contribution in [3.8, 4) is 0 Å². The van der Waals surface area contributed by atoms with E-state index in [1.54, 1.807) is 12.1 Å². The van der Waals surface area contributed by atoms with Crippen LogP contribution in [0.25, 0.3) is 10.9 Å². The number of piperidine rings is 1. The molecule has 2 heterocycles. The van der Waals surface area contributed by atoms with Crippen LogP contribution in [0.15, 0.2) is 79.0 Å². The summed E-state index contributed by atoms with van der Waals surface area (Å²) in [6.07, 6.45) is 2.48. The predicted octanol–water partition coefficient (Wildman–Crippen LogP) is 6.00. The van der Waals surface area contributed by atoms with Crippen LogP contribution in [-0.2, 0) is 6.54 Å². The number of hydrogen-bond acceptors (Lipinski definition) is 4. The molecule has 0 spiro atoms. The number of para-hydroxylation sites is 1. The Hall–Kier alpha value is -3.25. The van der Waals surface area contributed by atoms with E-state index in [4.69, 9.17) is 11.6 Å². The standard InChI is InChI=1S/C31H32ClN3O2/c1-20-15-21(2)17-24(16-20)31(37)35-14-12-26(18-29(35)30(36)22-7-9-25(32)10-8-22)34-19-23-11-13-33-28-6-4-3-5-27(23)28/h3-11,13,15-17,26,29-30,34,36H,12,14,18-19H2,1-2H3/t26-,29+,30-/m0/s1. The number of hydrogen-bond donors (Lipinski definition) is 2. The van der Waals surface area contributed by atoms with Crippen LogP contribution >= 0.6 is 11.6 Å². The van der Waals surface area contributed by atoms with Gasteiger partial charge in [-0.2, -0.15) is 0 Å². The van der Waals surface area contributed by atoms with Gasteiger partial charge in [0.1, 0.15) is 0 Å². The van der Waals surface area contributed by atoms with Crippen LogP contribution in [0.3, 0.4) is 0 Å². The number of nitrogens with one attached hydrogen (secondary N) is 1. The van der Waals surface area contributed by atoms with Crippen molar-refractivity contribution in [2.24, 2.45) is 0 Å². The Kier molecular flexibility index (Phi) is 7.56. The minimum Gasteiger partial charge on any atom is -0.386 e. The molecule has 3 aromatic carbocycles. The van der Waals surface area contributed by atoms with E-state index in [0.29, 0.717) is 30.1 Å². The Morgan fingerprint density at radius 2 is 1.81 bits per heavy atom. The first-order chi connectivity index (χ1) is 17.9.